The number of hydrogen-bond donors (Lipinski definition) is 0. The van der Waals surface area contributed by atoms with E-state index in [9.17, 15) is 0 Å². The summed E-state index contributed by atoms with van der Waals surface area (Å²) in [6, 6.07) is 0. The summed E-state index contributed by atoms with van der Waals surface area (Å²) < 4.78 is 7.27. The first-order valence-corrected chi connectivity index (χ1v) is 19.8. The molecule has 9 fully saturated rings. The maximum atomic E-state index is 7.27. The quantitative estimate of drug-likeness (QED) is 0.310. The maximum absolute atomic E-state index is 7.27. The lowest BCUT2D eigenvalue weighted by Crippen LogP contribution is -2.55. The van der Waals surface area contributed by atoms with E-state index in [1.807, 2.05) is 0 Å². The molecule has 9 rings (SSSR count). The van der Waals surface area contributed by atoms with Crippen molar-refractivity contribution in [3.63, 3.8) is 0 Å². The monoisotopic (exact) mass is 560 g/mol. The first kappa shape index (κ1) is 27.3. The van der Waals surface area contributed by atoms with Crippen LogP contribution in [0.15, 0.2) is 0 Å². The summed E-state index contributed by atoms with van der Waals surface area (Å²) in [7, 11) is 0. The van der Waals surface area contributed by atoms with Gasteiger partial charge < -0.3 is 4.74 Å². The molecule has 0 radical (unpaired) electrons. The smallest absolute Gasteiger partial charge is 0.0613 e. The standard InChI is InChI=1S/C40H64O/c1-24-22-25(2)38(28-12-4-3-5-13-28)40(23-24)32-19-21-34-37(36-29-14-8-6-10-26(29)17-20-33(36)41-34)35(32)31-18-16-27-11-7-9-15-30(27)39(31)40/h24-39H,3-23H2,1-2H3. The van der Waals surface area contributed by atoms with Crippen LogP contribution in [0, 0.1) is 88.3 Å². The minimum absolute atomic E-state index is 0.637. The second kappa shape index (κ2) is 10.5. The summed E-state index contributed by atoms with van der Waals surface area (Å²) in [5, 5.41) is 0. The number of hydrogen-bond acceptors (Lipinski definition) is 1. The van der Waals surface area contributed by atoms with Crippen LogP contribution in [0.1, 0.15) is 149 Å². The molecule has 230 valence electrons. The van der Waals surface area contributed by atoms with Crippen molar-refractivity contribution in [1.82, 2.24) is 0 Å². The van der Waals surface area contributed by atoms with E-state index in [0.29, 0.717) is 17.6 Å². The van der Waals surface area contributed by atoms with Gasteiger partial charge in [0.25, 0.3) is 0 Å². The minimum Gasteiger partial charge on any atom is -0.374 e. The average molecular weight is 561 g/mol. The molecule has 0 N–H and O–H groups in total. The van der Waals surface area contributed by atoms with Gasteiger partial charge >= 0.3 is 0 Å². The molecule has 8 saturated carbocycles. The molecule has 0 aromatic carbocycles. The van der Waals surface area contributed by atoms with E-state index in [-0.39, 0.29) is 0 Å². The lowest BCUT2D eigenvalue weighted by atomic mass is 9.43. The Morgan fingerprint density at radius 1 is 0.488 bits per heavy atom. The van der Waals surface area contributed by atoms with Gasteiger partial charge in [0.2, 0.25) is 0 Å². The molecule has 1 saturated heterocycles. The lowest BCUT2D eigenvalue weighted by molar-refractivity contribution is -0.131. The van der Waals surface area contributed by atoms with Gasteiger partial charge in [-0.05, 0) is 152 Å². The van der Waals surface area contributed by atoms with Gasteiger partial charge in [-0.3, -0.25) is 0 Å². The van der Waals surface area contributed by atoms with Crippen LogP contribution < -0.4 is 0 Å². The van der Waals surface area contributed by atoms with Crippen molar-refractivity contribution < 1.29 is 4.74 Å². The number of rotatable bonds is 1. The van der Waals surface area contributed by atoms with Crippen molar-refractivity contribution in [3.05, 3.63) is 0 Å². The number of ether oxygens (including phenoxy) is 1. The molecule has 1 aliphatic heterocycles. The third-order valence-corrected chi connectivity index (χ3v) is 17.0. The molecule has 1 heteroatoms. The molecule has 1 spiro atoms. The highest BCUT2D eigenvalue weighted by atomic mass is 16.5. The molecule has 16 atom stereocenters. The zero-order chi connectivity index (χ0) is 27.3. The van der Waals surface area contributed by atoms with Gasteiger partial charge in [0.05, 0.1) is 12.2 Å². The van der Waals surface area contributed by atoms with E-state index in [0.717, 1.165) is 82.9 Å². The van der Waals surface area contributed by atoms with Crippen LogP contribution in [-0.2, 0) is 4.74 Å². The summed E-state index contributed by atoms with van der Waals surface area (Å²) in [6.45, 7) is 5.50. The number of fused-ring (bicyclic) bond motifs is 13. The molecule has 1 heterocycles. The summed E-state index contributed by atoms with van der Waals surface area (Å²) in [6.07, 6.45) is 33.8. The third kappa shape index (κ3) is 4.00. The van der Waals surface area contributed by atoms with Crippen LogP contribution >= 0.6 is 0 Å². The lowest BCUT2D eigenvalue weighted by Gasteiger charge is -2.61. The summed E-state index contributed by atoms with van der Waals surface area (Å²) in [4.78, 5) is 0. The summed E-state index contributed by atoms with van der Waals surface area (Å²) in [5.41, 5.74) is 0.679. The highest BCUT2D eigenvalue weighted by molar-refractivity contribution is 5.20. The second-order valence-electron chi connectivity index (χ2n) is 18.4. The molecule has 41 heavy (non-hydrogen) atoms. The fraction of sp³-hybridized carbons (Fsp3) is 1.00. The van der Waals surface area contributed by atoms with E-state index in [1.54, 1.807) is 89.9 Å². The first-order valence-electron chi connectivity index (χ1n) is 19.8. The fourth-order valence-electron chi connectivity index (χ4n) is 16.7. The molecule has 0 bridgehead atoms. The minimum atomic E-state index is 0.637. The largest absolute Gasteiger partial charge is 0.374 e. The van der Waals surface area contributed by atoms with E-state index >= 15 is 0 Å². The highest BCUT2D eigenvalue weighted by Crippen LogP contribution is 2.77. The predicted octanol–water partition coefficient (Wildman–Crippen LogP) is 10.7. The molecule has 9 aliphatic rings. The Balaban J connectivity index is 1.18. The second-order valence-corrected chi connectivity index (χ2v) is 18.4. The van der Waals surface area contributed by atoms with Gasteiger partial charge in [-0.25, -0.2) is 0 Å². The molecule has 8 aliphatic carbocycles. The molecule has 0 aromatic heterocycles. The van der Waals surface area contributed by atoms with Crippen molar-refractivity contribution in [3.8, 4) is 0 Å². The van der Waals surface area contributed by atoms with E-state index in [1.165, 1.54) is 44.9 Å². The Labute approximate surface area is 253 Å². The van der Waals surface area contributed by atoms with Gasteiger partial charge in [0.1, 0.15) is 0 Å². The zero-order valence-electron chi connectivity index (χ0n) is 27.0. The van der Waals surface area contributed by atoms with Crippen molar-refractivity contribution in [1.29, 1.82) is 0 Å². The van der Waals surface area contributed by atoms with E-state index < -0.39 is 0 Å². The normalized spacial score (nSPS) is 58.5. The Morgan fingerprint density at radius 3 is 1.95 bits per heavy atom. The van der Waals surface area contributed by atoms with Crippen LogP contribution in [-0.4, -0.2) is 12.2 Å². The molecular weight excluding hydrogens is 496 g/mol. The average Bonchev–Trinajstić information content (AvgIpc) is 3.51. The first-order chi connectivity index (χ1) is 20.1. The van der Waals surface area contributed by atoms with Crippen molar-refractivity contribution >= 4 is 0 Å². The van der Waals surface area contributed by atoms with E-state index in [2.05, 4.69) is 13.8 Å². The van der Waals surface area contributed by atoms with Gasteiger partial charge in [0, 0.05) is 0 Å². The Hall–Kier alpha value is -0.0400. The van der Waals surface area contributed by atoms with Gasteiger partial charge in [-0.1, -0.05) is 84.5 Å². The fourth-order valence-corrected chi connectivity index (χ4v) is 16.7. The predicted molar refractivity (Wildman–Crippen MR) is 168 cm³/mol. The Morgan fingerprint density at radius 2 is 1.12 bits per heavy atom. The van der Waals surface area contributed by atoms with Crippen LogP contribution in [0.5, 0.6) is 0 Å². The molecule has 1 nitrogen and oxygen atoms in total. The van der Waals surface area contributed by atoms with Crippen LogP contribution in [0.2, 0.25) is 0 Å². The summed E-state index contributed by atoms with van der Waals surface area (Å²) >= 11 is 0. The van der Waals surface area contributed by atoms with Gasteiger partial charge in [-0.15, -0.1) is 0 Å². The molecule has 16 unspecified atom stereocenters. The van der Waals surface area contributed by atoms with Crippen molar-refractivity contribution in [2.75, 3.05) is 0 Å². The molecule has 0 aromatic rings. The summed E-state index contributed by atoms with van der Waals surface area (Å²) in [5.74, 6) is 14.4. The maximum Gasteiger partial charge on any atom is 0.0613 e. The van der Waals surface area contributed by atoms with Crippen molar-refractivity contribution in [2.24, 2.45) is 88.3 Å². The SMILES string of the molecule is CC1CC(C)C(C2CCCCC2)C2(C1)C1CCC3OC4CCC5CCCCC5C4C3C1C1CCC3CCCCC3C12. The Kier molecular flexibility index (Phi) is 7.00. The van der Waals surface area contributed by atoms with E-state index in [4.69, 9.17) is 4.74 Å². The zero-order valence-corrected chi connectivity index (χ0v) is 27.0. The Bertz CT molecular complexity index is 950. The topological polar surface area (TPSA) is 9.23 Å². The molecule has 0 amide bonds. The highest BCUT2D eigenvalue weighted by Gasteiger charge is 2.72. The van der Waals surface area contributed by atoms with Crippen LogP contribution in [0.3, 0.4) is 0 Å². The van der Waals surface area contributed by atoms with Gasteiger partial charge in [0.15, 0.2) is 0 Å². The third-order valence-electron chi connectivity index (χ3n) is 17.0. The van der Waals surface area contributed by atoms with Crippen molar-refractivity contribution in [2.45, 2.75) is 161 Å². The van der Waals surface area contributed by atoms with Gasteiger partial charge in [-0.2, -0.15) is 0 Å². The van der Waals surface area contributed by atoms with Crippen LogP contribution in [0.4, 0.5) is 0 Å². The molecular formula is C40H64O. The van der Waals surface area contributed by atoms with Crippen LogP contribution in [0.25, 0.3) is 0 Å².